The molecule has 4 rings (SSSR count). The van der Waals surface area contributed by atoms with Gasteiger partial charge in [0.1, 0.15) is 17.3 Å². The SMILES string of the molecule is CN1C(=O)N(c2ccccc2)[C@H](c2ccc(O)cc2O)[C@@H]1CC[C@H](O)c1ccc(F)cc1. The van der Waals surface area contributed by atoms with Gasteiger partial charge < -0.3 is 20.2 Å². The van der Waals surface area contributed by atoms with E-state index < -0.39 is 12.1 Å². The van der Waals surface area contributed by atoms with Crippen LogP contribution in [0, 0.1) is 5.82 Å². The predicted molar refractivity (Wildman–Crippen MR) is 119 cm³/mol. The van der Waals surface area contributed by atoms with Crippen LogP contribution in [-0.4, -0.2) is 39.3 Å². The van der Waals surface area contributed by atoms with Crippen LogP contribution in [0.3, 0.4) is 0 Å². The number of hydrogen-bond donors (Lipinski definition) is 3. The molecule has 7 heteroatoms. The van der Waals surface area contributed by atoms with Gasteiger partial charge in [-0.15, -0.1) is 0 Å². The molecule has 166 valence electrons. The zero-order chi connectivity index (χ0) is 22.8. The fourth-order valence-corrected chi connectivity index (χ4v) is 4.33. The van der Waals surface area contributed by atoms with Crippen molar-refractivity contribution in [1.29, 1.82) is 0 Å². The van der Waals surface area contributed by atoms with E-state index in [1.54, 1.807) is 35.0 Å². The molecule has 0 saturated carbocycles. The molecule has 0 spiro atoms. The van der Waals surface area contributed by atoms with Crippen LogP contribution in [-0.2, 0) is 0 Å². The molecule has 32 heavy (non-hydrogen) atoms. The summed E-state index contributed by atoms with van der Waals surface area (Å²) in [6.45, 7) is 0. The standard InChI is InChI=1S/C25H25FN2O4/c1-27-21(13-14-22(30)16-7-9-17(26)10-8-16)24(20-12-11-19(29)15-23(20)31)28(25(27)32)18-5-3-2-4-6-18/h2-12,15,21-22,24,29-31H,13-14H2,1H3/t21-,22-,24+/m0/s1. The Bertz CT molecular complexity index is 1090. The smallest absolute Gasteiger partial charge is 0.325 e. The summed E-state index contributed by atoms with van der Waals surface area (Å²) in [6.07, 6.45) is -0.0417. The van der Waals surface area contributed by atoms with E-state index in [9.17, 15) is 24.5 Å². The second kappa shape index (κ2) is 8.88. The molecule has 0 radical (unpaired) electrons. The number of anilines is 1. The quantitative estimate of drug-likeness (QED) is 0.522. The van der Waals surface area contributed by atoms with Gasteiger partial charge in [-0.2, -0.15) is 0 Å². The topological polar surface area (TPSA) is 84.2 Å². The van der Waals surface area contributed by atoms with Crippen molar-refractivity contribution in [3.05, 3.63) is 89.7 Å². The molecular weight excluding hydrogens is 411 g/mol. The third-order valence-corrected chi connectivity index (χ3v) is 6.01. The molecule has 3 N–H and O–H groups in total. The van der Waals surface area contributed by atoms with Gasteiger partial charge in [-0.3, -0.25) is 4.90 Å². The number of aliphatic hydroxyl groups is 1. The van der Waals surface area contributed by atoms with Crippen molar-refractivity contribution >= 4 is 11.7 Å². The normalized spacial score (nSPS) is 19.4. The summed E-state index contributed by atoms with van der Waals surface area (Å²) < 4.78 is 13.2. The molecule has 1 heterocycles. The number of likely N-dealkylation sites (N-methyl/N-ethyl adjacent to an activating group) is 1. The molecule has 0 aliphatic carbocycles. The molecule has 1 saturated heterocycles. The van der Waals surface area contributed by atoms with Gasteiger partial charge in [0.2, 0.25) is 0 Å². The van der Waals surface area contributed by atoms with E-state index in [-0.39, 0.29) is 29.4 Å². The fourth-order valence-electron chi connectivity index (χ4n) is 4.33. The van der Waals surface area contributed by atoms with E-state index >= 15 is 0 Å². The summed E-state index contributed by atoms with van der Waals surface area (Å²) in [6, 6.07) is 18.1. The average molecular weight is 436 g/mol. The van der Waals surface area contributed by atoms with E-state index in [1.165, 1.54) is 24.3 Å². The summed E-state index contributed by atoms with van der Waals surface area (Å²) in [5, 5.41) is 31.0. The zero-order valence-electron chi connectivity index (χ0n) is 17.6. The first-order valence-corrected chi connectivity index (χ1v) is 10.4. The van der Waals surface area contributed by atoms with Gasteiger partial charge in [-0.05, 0) is 54.8 Å². The fraction of sp³-hybridized carbons (Fsp3) is 0.240. The predicted octanol–water partition coefficient (Wildman–Crippen LogP) is 4.73. The van der Waals surface area contributed by atoms with Crippen molar-refractivity contribution in [3.63, 3.8) is 0 Å². The summed E-state index contributed by atoms with van der Waals surface area (Å²) in [7, 11) is 1.70. The van der Waals surface area contributed by atoms with Crippen LogP contribution in [0.5, 0.6) is 11.5 Å². The molecule has 0 bridgehead atoms. The Morgan fingerprint density at radius 2 is 1.69 bits per heavy atom. The van der Waals surface area contributed by atoms with Crippen LogP contribution >= 0.6 is 0 Å². The van der Waals surface area contributed by atoms with Gasteiger partial charge in [0.15, 0.2) is 0 Å². The number of amides is 2. The number of aromatic hydroxyl groups is 2. The Kier molecular flexibility index (Phi) is 6.01. The summed E-state index contributed by atoms with van der Waals surface area (Å²) in [5.74, 6) is -0.551. The largest absolute Gasteiger partial charge is 0.508 e. The number of phenols is 2. The first-order chi connectivity index (χ1) is 15.4. The third-order valence-electron chi connectivity index (χ3n) is 6.01. The van der Waals surface area contributed by atoms with Crippen LogP contribution in [0.2, 0.25) is 0 Å². The minimum atomic E-state index is -0.820. The number of benzene rings is 3. The van der Waals surface area contributed by atoms with Gasteiger partial charge >= 0.3 is 6.03 Å². The van der Waals surface area contributed by atoms with Crippen LogP contribution < -0.4 is 4.90 Å². The Morgan fingerprint density at radius 3 is 2.34 bits per heavy atom. The minimum absolute atomic E-state index is 0.0709. The highest BCUT2D eigenvalue weighted by Gasteiger charge is 2.46. The van der Waals surface area contributed by atoms with E-state index in [0.29, 0.717) is 29.7 Å². The van der Waals surface area contributed by atoms with Crippen molar-refractivity contribution in [2.45, 2.75) is 31.0 Å². The van der Waals surface area contributed by atoms with E-state index in [0.717, 1.165) is 0 Å². The molecule has 3 aromatic rings. The number of aliphatic hydroxyl groups excluding tert-OH is 1. The highest BCUT2D eigenvalue weighted by molar-refractivity contribution is 5.95. The summed E-state index contributed by atoms with van der Waals surface area (Å²) in [5.41, 5.74) is 1.79. The summed E-state index contributed by atoms with van der Waals surface area (Å²) >= 11 is 0. The van der Waals surface area contributed by atoms with Crippen molar-refractivity contribution in [1.82, 2.24) is 4.90 Å². The van der Waals surface area contributed by atoms with Crippen molar-refractivity contribution in [2.24, 2.45) is 0 Å². The maximum absolute atomic E-state index is 13.2. The third kappa shape index (κ3) is 4.11. The number of nitrogens with zero attached hydrogens (tertiary/aromatic N) is 2. The Balaban J connectivity index is 1.67. The molecular formula is C25H25FN2O4. The molecule has 3 aromatic carbocycles. The molecule has 6 nitrogen and oxygen atoms in total. The molecule has 3 atom stereocenters. The number of rotatable bonds is 6. The van der Waals surface area contributed by atoms with Gasteiger partial charge in [0, 0.05) is 24.4 Å². The first kappa shape index (κ1) is 21.6. The second-order valence-corrected chi connectivity index (χ2v) is 8.00. The van der Waals surface area contributed by atoms with Crippen LogP contribution in [0.15, 0.2) is 72.8 Å². The Morgan fingerprint density at radius 1 is 1.00 bits per heavy atom. The Labute approximate surface area is 185 Å². The van der Waals surface area contributed by atoms with Gasteiger partial charge in [0.05, 0.1) is 18.2 Å². The number of carbonyl (C=O) groups excluding carboxylic acids is 1. The van der Waals surface area contributed by atoms with Gasteiger partial charge in [0.25, 0.3) is 0 Å². The number of halogens is 1. The lowest BCUT2D eigenvalue weighted by atomic mass is 9.92. The lowest BCUT2D eigenvalue weighted by Crippen LogP contribution is -2.31. The molecule has 0 unspecified atom stereocenters. The minimum Gasteiger partial charge on any atom is -0.508 e. The number of phenolic OH excluding ortho intramolecular Hbond substituents is 2. The first-order valence-electron chi connectivity index (χ1n) is 10.4. The number of urea groups is 1. The number of carbonyl (C=O) groups is 1. The molecule has 1 aliphatic rings. The molecule has 2 amide bonds. The van der Waals surface area contributed by atoms with Crippen LogP contribution in [0.4, 0.5) is 14.9 Å². The van der Waals surface area contributed by atoms with Crippen LogP contribution in [0.25, 0.3) is 0 Å². The Hall–Kier alpha value is -3.58. The zero-order valence-corrected chi connectivity index (χ0v) is 17.6. The maximum atomic E-state index is 13.2. The molecule has 1 fully saturated rings. The molecule has 1 aliphatic heterocycles. The van der Waals surface area contributed by atoms with Crippen molar-refractivity contribution in [2.75, 3.05) is 11.9 Å². The van der Waals surface area contributed by atoms with E-state index in [1.807, 2.05) is 30.3 Å². The molecule has 0 aromatic heterocycles. The maximum Gasteiger partial charge on any atom is 0.325 e. The number of para-hydroxylation sites is 1. The van der Waals surface area contributed by atoms with Gasteiger partial charge in [-0.1, -0.05) is 30.3 Å². The van der Waals surface area contributed by atoms with Crippen LogP contribution in [0.1, 0.15) is 36.1 Å². The van der Waals surface area contributed by atoms with Gasteiger partial charge in [-0.25, -0.2) is 9.18 Å². The summed E-state index contributed by atoms with van der Waals surface area (Å²) in [4.78, 5) is 16.5. The lowest BCUT2D eigenvalue weighted by Gasteiger charge is -2.29. The monoisotopic (exact) mass is 436 g/mol. The highest BCUT2D eigenvalue weighted by Crippen LogP contribution is 2.44. The number of hydrogen-bond acceptors (Lipinski definition) is 4. The highest BCUT2D eigenvalue weighted by atomic mass is 19.1. The average Bonchev–Trinajstić information content (AvgIpc) is 3.03. The van der Waals surface area contributed by atoms with Crippen molar-refractivity contribution < 1.29 is 24.5 Å². The van der Waals surface area contributed by atoms with Crippen molar-refractivity contribution in [3.8, 4) is 11.5 Å². The van der Waals surface area contributed by atoms with E-state index in [2.05, 4.69) is 0 Å². The van der Waals surface area contributed by atoms with E-state index in [4.69, 9.17) is 0 Å². The lowest BCUT2D eigenvalue weighted by molar-refractivity contribution is 0.148. The second-order valence-electron chi connectivity index (χ2n) is 8.00.